The molecule has 2 saturated heterocycles. The first-order valence-corrected chi connectivity index (χ1v) is 6.86. The molecule has 4 fully saturated rings. The van der Waals surface area contributed by atoms with Crippen molar-refractivity contribution in [3.8, 4) is 0 Å². The fourth-order valence-corrected chi connectivity index (χ4v) is 3.60. The fourth-order valence-electron chi connectivity index (χ4n) is 3.60. The number of ether oxygens (including phenoxy) is 1. The van der Waals surface area contributed by atoms with Crippen LogP contribution in [0.1, 0.15) is 40.0 Å². The van der Waals surface area contributed by atoms with Crippen LogP contribution in [0.4, 0.5) is 4.79 Å². The van der Waals surface area contributed by atoms with Crippen molar-refractivity contribution >= 4 is 17.7 Å². The zero-order chi connectivity index (χ0) is 13.9. The van der Waals surface area contributed by atoms with Crippen LogP contribution in [0.15, 0.2) is 0 Å². The van der Waals surface area contributed by atoms with Crippen LogP contribution in [0.5, 0.6) is 0 Å². The van der Waals surface area contributed by atoms with Crippen LogP contribution >= 0.6 is 0 Å². The summed E-state index contributed by atoms with van der Waals surface area (Å²) >= 11 is 0. The van der Waals surface area contributed by atoms with E-state index >= 15 is 0 Å². The lowest BCUT2D eigenvalue weighted by atomic mass is 9.62. The van der Waals surface area contributed by atoms with Crippen molar-refractivity contribution in [1.29, 1.82) is 0 Å². The van der Waals surface area contributed by atoms with Crippen molar-refractivity contribution in [2.75, 3.05) is 0 Å². The monoisotopic (exact) mass is 265 g/mol. The van der Waals surface area contributed by atoms with E-state index in [0.29, 0.717) is 19.3 Å². The predicted octanol–water partition coefficient (Wildman–Crippen LogP) is 1.54. The number of Topliss-reactive ketones (excluding diaryl/α,β-unsaturated/α-hetero) is 2. The van der Waals surface area contributed by atoms with Gasteiger partial charge in [-0.3, -0.25) is 14.5 Å². The zero-order valence-corrected chi connectivity index (χ0v) is 11.5. The average molecular weight is 265 g/mol. The van der Waals surface area contributed by atoms with E-state index in [0.717, 1.165) is 0 Å². The highest BCUT2D eigenvalue weighted by Gasteiger charge is 2.58. The van der Waals surface area contributed by atoms with Crippen molar-refractivity contribution in [3.63, 3.8) is 0 Å². The van der Waals surface area contributed by atoms with Gasteiger partial charge in [0.25, 0.3) is 0 Å². The highest BCUT2D eigenvalue weighted by atomic mass is 16.6. The molecule has 2 heterocycles. The lowest BCUT2D eigenvalue weighted by Gasteiger charge is -2.53. The Labute approximate surface area is 112 Å². The first-order chi connectivity index (χ1) is 8.78. The maximum atomic E-state index is 12.2. The van der Waals surface area contributed by atoms with Gasteiger partial charge >= 0.3 is 6.09 Å². The van der Waals surface area contributed by atoms with E-state index in [9.17, 15) is 14.4 Å². The Balaban J connectivity index is 1.87. The van der Waals surface area contributed by atoms with E-state index < -0.39 is 23.8 Å². The lowest BCUT2D eigenvalue weighted by Crippen LogP contribution is -2.68. The number of ketones is 2. The number of amides is 1. The van der Waals surface area contributed by atoms with Gasteiger partial charge in [0.2, 0.25) is 0 Å². The molecule has 4 bridgehead atoms. The minimum atomic E-state index is -0.613. The largest absolute Gasteiger partial charge is 0.444 e. The van der Waals surface area contributed by atoms with Crippen molar-refractivity contribution in [1.82, 2.24) is 4.90 Å². The third-order valence-electron chi connectivity index (χ3n) is 4.32. The Kier molecular flexibility index (Phi) is 2.53. The molecule has 19 heavy (non-hydrogen) atoms. The van der Waals surface area contributed by atoms with E-state index in [1.807, 2.05) is 0 Å². The number of carbonyl (C=O) groups is 3. The van der Waals surface area contributed by atoms with Crippen LogP contribution in [0.25, 0.3) is 0 Å². The highest BCUT2D eigenvalue weighted by molar-refractivity contribution is 6.01. The number of piperidine rings is 2. The van der Waals surface area contributed by atoms with E-state index in [1.54, 1.807) is 20.8 Å². The molecule has 1 amide bonds. The van der Waals surface area contributed by atoms with Gasteiger partial charge in [0.15, 0.2) is 11.6 Å². The van der Waals surface area contributed by atoms with Gasteiger partial charge in [-0.1, -0.05) is 0 Å². The third-order valence-corrected chi connectivity index (χ3v) is 4.32. The topological polar surface area (TPSA) is 63.7 Å². The van der Waals surface area contributed by atoms with Gasteiger partial charge in [-0.15, -0.1) is 0 Å². The van der Waals surface area contributed by atoms with Gasteiger partial charge in [0, 0.05) is 11.8 Å². The summed E-state index contributed by atoms with van der Waals surface area (Å²) in [4.78, 5) is 38.0. The predicted molar refractivity (Wildman–Crippen MR) is 66.5 cm³/mol. The second-order valence-corrected chi connectivity index (χ2v) is 6.82. The van der Waals surface area contributed by atoms with Gasteiger partial charge in [-0.25, -0.2) is 4.79 Å². The molecule has 0 aromatic heterocycles. The fraction of sp³-hybridized carbons (Fsp3) is 0.786. The molecule has 0 aromatic carbocycles. The summed E-state index contributed by atoms with van der Waals surface area (Å²) in [7, 11) is 0. The molecule has 0 aromatic rings. The summed E-state index contributed by atoms with van der Waals surface area (Å²) in [5, 5.41) is 0. The highest BCUT2D eigenvalue weighted by Crippen LogP contribution is 2.45. The lowest BCUT2D eigenvalue weighted by molar-refractivity contribution is -0.158. The Bertz CT molecular complexity index is 437. The molecule has 2 saturated carbocycles. The van der Waals surface area contributed by atoms with Crippen LogP contribution in [0.2, 0.25) is 0 Å². The summed E-state index contributed by atoms with van der Waals surface area (Å²) < 4.78 is 5.34. The molecule has 2 aliphatic heterocycles. The van der Waals surface area contributed by atoms with E-state index in [4.69, 9.17) is 4.74 Å². The molecule has 4 aliphatic rings. The molecular formula is C14H19NO4. The van der Waals surface area contributed by atoms with Crippen molar-refractivity contribution in [2.45, 2.75) is 57.7 Å². The van der Waals surface area contributed by atoms with Gasteiger partial charge in [-0.05, 0) is 40.0 Å². The quantitative estimate of drug-likeness (QED) is 0.666. The van der Waals surface area contributed by atoms with E-state index in [-0.39, 0.29) is 23.4 Å². The number of hydrogen-bond acceptors (Lipinski definition) is 4. The Morgan fingerprint density at radius 2 is 1.53 bits per heavy atom. The number of hydrogen-bond donors (Lipinski definition) is 0. The second-order valence-electron chi connectivity index (χ2n) is 6.82. The zero-order valence-electron chi connectivity index (χ0n) is 11.5. The molecule has 0 spiro atoms. The Morgan fingerprint density at radius 1 is 1.05 bits per heavy atom. The van der Waals surface area contributed by atoms with Crippen LogP contribution < -0.4 is 0 Å². The molecule has 5 heteroatoms. The second kappa shape index (κ2) is 3.81. The van der Waals surface area contributed by atoms with Gasteiger partial charge in [0.05, 0.1) is 12.1 Å². The first-order valence-electron chi connectivity index (χ1n) is 6.86. The van der Waals surface area contributed by atoms with E-state index in [1.165, 1.54) is 4.90 Å². The first kappa shape index (κ1) is 12.6. The minimum Gasteiger partial charge on any atom is -0.444 e. The molecular weight excluding hydrogens is 246 g/mol. The molecule has 0 N–H and O–H groups in total. The minimum absolute atomic E-state index is 0.0230. The van der Waals surface area contributed by atoms with Gasteiger partial charge < -0.3 is 4.74 Å². The van der Waals surface area contributed by atoms with Crippen LogP contribution in [0, 0.1) is 11.8 Å². The summed E-state index contributed by atoms with van der Waals surface area (Å²) in [5.41, 5.74) is -0.613. The molecule has 0 radical (unpaired) electrons. The van der Waals surface area contributed by atoms with Crippen molar-refractivity contribution in [3.05, 3.63) is 0 Å². The van der Waals surface area contributed by atoms with Crippen molar-refractivity contribution in [2.24, 2.45) is 11.8 Å². The standard InChI is InChI=1S/C14H19NO4/c1-14(2,3)19-13(18)15-9-5-7-4-8(12(9)17)6-10(15)11(7)16/h7-10H,4-6H2,1-3H3. The molecule has 4 rings (SSSR count). The smallest absolute Gasteiger partial charge is 0.411 e. The van der Waals surface area contributed by atoms with Crippen molar-refractivity contribution < 1.29 is 19.1 Å². The number of carbonyl (C=O) groups excluding carboxylic acids is 3. The SMILES string of the molecule is CC(C)(C)OC(=O)N1C2CC3CC(CC1C3=O)C2=O. The number of nitrogens with zero attached hydrogens (tertiary/aromatic N) is 1. The van der Waals surface area contributed by atoms with Crippen LogP contribution in [-0.4, -0.2) is 40.2 Å². The summed E-state index contributed by atoms with van der Waals surface area (Å²) in [5.74, 6) is 0.187. The Hall–Kier alpha value is -1.39. The summed E-state index contributed by atoms with van der Waals surface area (Å²) in [6.07, 6.45) is 1.14. The Morgan fingerprint density at radius 3 is 1.95 bits per heavy atom. The van der Waals surface area contributed by atoms with Crippen LogP contribution in [-0.2, 0) is 14.3 Å². The molecule has 104 valence electrons. The molecule has 4 unspecified atom stereocenters. The maximum absolute atomic E-state index is 12.2. The molecule has 5 nitrogen and oxygen atoms in total. The normalized spacial score (nSPS) is 36.9. The maximum Gasteiger partial charge on any atom is 0.411 e. The van der Waals surface area contributed by atoms with Crippen LogP contribution in [0.3, 0.4) is 0 Å². The number of rotatable bonds is 0. The molecule has 4 atom stereocenters. The summed E-state index contributed by atoms with van der Waals surface area (Å²) in [6.45, 7) is 5.35. The van der Waals surface area contributed by atoms with Gasteiger partial charge in [-0.2, -0.15) is 0 Å². The average Bonchev–Trinajstić information content (AvgIpc) is 2.24. The summed E-state index contributed by atoms with van der Waals surface area (Å²) in [6, 6.07) is -0.870. The third kappa shape index (κ3) is 1.86. The molecule has 2 aliphatic carbocycles. The van der Waals surface area contributed by atoms with Gasteiger partial charge in [0.1, 0.15) is 5.60 Å². The van der Waals surface area contributed by atoms with E-state index in [2.05, 4.69) is 0 Å².